The summed E-state index contributed by atoms with van der Waals surface area (Å²) < 4.78 is 20.0. The fourth-order valence-electron chi connectivity index (χ4n) is 3.53. The van der Waals surface area contributed by atoms with Crippen LogP contribution >= 0.6 is 11.8 Å². The third-order valence-corrected chi connectivity index (χ3v) is 6.31. The summed E-state index contributed by atoms with van der Waals surface area (Å²) in [6.45, 7) is 1.20. The molecule has 0 radical (unpaired) electrons. The molecule has 158 valence electrons. The van der Waals surface area contributed by atoms with Gasteiger partial charge in [0.1, 0.15) is 5.75 Å². The van der Waals surface area contributed by atoms with E-state index in [4.69, 9.17) is 19.9 Å². The fourth-order valence-corrected chi connectivity index (χ4v) is 4.40. The standard InChI is InChI=1S/C23H27N3O3S/c1-27-20-6-2-18(3-7-20)10-11-23(16-26-13-12-25-17-26)28-14-21(29-23)15-30-22-8-4-19(24)5-9-22/h2-9,12-13,17,21H,10-11,14-16,24H2,1H3/t21-,23-/m1/s1. The van der Waals surface area contributed by atoms with Gasteiger partial charge in [-0.2, -0.15) is 0 Å². The second kappa shape index (κ2) is 9.55. The van der Waals surface area contributed by atoms with Crippen molar-refractivity contribution in [2.75, 3.05) is 25.2 Å². The van der Waals surface area contributed by atoms with Crippen molar-refractivity contribution >= 4 is 17.4 Å². The Kier molecular flexibility index (Phi) is 6.62. The first kappa shape index (κ1) is 20.8. The van der Waals surface area contributed by atoms with Crippen LogP contribution in [0.15, 0.2) is 72.1 Å². The Morgan fingerprint density at radius 1 is 1.20 bits per heavy atom. The smallest absolute Gasteiger partial charge is 0.187 e. The third-order valence-electron chi connectivity index (χ3n) is 5.17. The number of ether oxygens (including phenoxy) is 3. The number of nitrogens with zero attached hydrogens (tertiary/aromatic N) is 2. The van der Waals surface area contributed by atoms with E-state index in [0.717, 1.165) is 30.0 Å². The number of anilines is 1. The molecule has 3 aromatic rings. The monoisotopic (exact) mass is 425 g/mol. The summed E-state index contributed by atoms with van der Waals surface area (Å²) in [5, 5.41) is 0. The van der Waals surface area contributed by atoms with Gasteiger partial charge in [-0.25, -0.2) is 4.98 Å². The molecule has 2 aromatic carbocycles. The molecule has 4 rings (SSSR count). The van der Waals surface area contributed by atoms with Crippen molar-refractivity contribution in [2.45, 2.75) is 36.2 Å². The van der Waals surface area contributed by atoms with E-state index in [9.17, 15) is 0 Å². The van der Waals surface area contributed by atoms with Crippen molar-refractivity contribution in [3.63, 3.8) is 0 Å². The molecule has 0 spiro atoms. The predicted molar refractivity (Wildman–Crippen MR) is 119 cm³/mol. The van der Waals surface area contributed by atoms with Gasteiger partial charge >= 0.3 is 0 Å². The minimum Gasteiger partial charge on any atom is -0.497 e. The Morgan fingerprint density at radius 3 is 2.70 bits per heavy atom. The number of methoxy groups -OCH3 is 1. The molecule has 1 aromatic heterocycles. The zero-order chi connectivity index (χ0) is 20.8. The minimum absolute atomic E-state index is 0.0342. The van der Waals surface area contributed by atoms with Gasteiger partial charge in [0.25, 0.3) is 0 Å². The highest BCUT2D eigenvalue weighted by atomic mass is 32.2. The zero-order valence-corrected chi connectivity index (χ0v) is 17.9. The number of thioether (sulfide) groups is 1. The van der Waals surface area contributed by atoms with Crippen LogP contribution in [0.2, 0.25) is 0 Å². The van der Waals surface area contributed by atoms with Crippen LogP contribution in [-0.2, 0) is 22.4 Å². The summed E-state index contributed by atoms with van der Waals surface area (Å²) in [6, 6.07) is 16.1. The molecule has 2 N–H and O–H groups in total. The molecule has 1 aliphatic rings. The molecule has 30 heavy (non-hydrogen) atoms. The van der Waals surface area contributed by atoms with Gasteiger partial charge in [0.15, 0.2) is 5.79 Å². The molecule has 1 fully saturated rings. The minimum atomic E-state index is -0.660. The molecule has 1 saturated heterocycles. The maximum atomic E-state index is 6.49. The van der Waals surface area contributed by atoms with E-state index in [1.165, 1.54) is 10.5 Å². The molecule has 0 aliphatic carbocycles. The number of rotatable bonds is 9. The summed E-state index contributed by atoms with van der Waals surface area (Å²) in [7, 11) is 1.68. The largest absolute Gasteiger partial charge is 0.497 e. The number of nitrogens with two attached hydrogens (primary N) is 1. The SMILES string of the molecule is COc1ccc(CC[C@@]2(Cn3ccnc3)OC[C@H](CSc3ccc(N)cc3)O2)cc1. The van der Waals surface area contributed by atoms with Crippen molar-refractivity contribution in [2.24, 2.45) is 0 Å². The lowest BCUT2D eigenvalue weighted by molar-refractivity contribution is -0.180. The summed E-state index contributed by atoms with van der Waals surface area (Å²) >= 11 is 1.76. The number of aryl methyl sites for hydroxylation is 1. The quantitative estimate of drug-likeness (QED) is 0.413. The van der Waals surface area contributed by atoms with Gasteiger partial charge < -0.3 is 24.5 Å². The molecule has 2 atom stereocenters. The highest BCUT2D eigenvalue weighted by molar-refractivity contribution is 7.99. The maximum Gasteiger partial charge on any atom is 0.187 e. The van der Waals surface area contributed by atoms with Crippen LogP contribution in [-0.4, -0.2) is 40.9 Å². The van der Waals surface area contributed by atoms with Gasteiger partial charge in [-0.3, -0.25) is 0 Å². The number of imidazole rings is 1. The molecule has 6 nitrogen and oxygen atoms in total. The van der Waals surface area contributed by atoms with E-state index < -0.39 is 5.79 Å². The van der Waals surface area contributed by atoms with Crippen LogP contribution in [0, 0.1) is 0 Å². The molecule has 0 unspecified atom stereocenters. The molecule has 7 heteroatoms. The second-order valence-corrected chi connectivity index (χ2v) is 8.52. The number of hydrogen-bond donors (Lipinski definition) is 1. The van der Waals surface area contributed by atoms with Crippen molar-refractivity contribution in [1.29, 1.82) is 0 Å². The van der Waals surface area contributed by atoms with Crippen LogP contribution in [0.4, 0.5) is 5.69 Å². The lowest BCUT2D eigenvalue weighted by Gasteiger charge is -2.28. The first-order chi connectivity index (χ1) is 14.6. The van der Waals surface area contributed by atoms with Crippen LogP contribution < -0.4 is 10.5 Å². The Bertz CT molecular complexity index is 916. The van der Waals surface area contributed by atoms with Crippen molar-refractivity contribution in [1.82, 2.24) is 9.55 Å². The number of nitrogen functional groups attached to an aromatic ring is 1. The Morgan fingerprint density at radius 2 is 2.00 bits per heavy atom. The molecule has 0 saturated carbocycles. The molecule has 1 aliphatic heterocycles. The molecule has 0 bridgehead atoms. The van der Waals surface area contributed by atoms with E-state index in [1.54, 1.807) is 31.4 Å². The van der Waals surface area contributed by atoms with Crippen molar-refractivity contribution in [3.05, 3.63) is 72.8 Å². The molecular weight excluding hydrogens is 398 g/mol. The maximum absolute atomic E-state index is 6.49. The normalized spacial score (nSPS) is 21.0. The van der Waals surface area contributed by atoms with E-state index in [1.807, 2.05) is 47.2 Å². The van der Waals surface area contributed by atoms with E-state index in [2.05, 4.69) is 17.1 Å². The van der Waals surface area contributed by atoms with Gasteiger partial charge in [-0.1, -0.05) is 12.1 Å². The topological polar surface area (TPSA) is 71.5 Å². The van der Waals surface area contributed by atoms with Gasteiger partial charge in [0, 0.05) is 35.2 Å². The Labute approximate surface area is 181 Å². The molecule has 0 amide bonds. The van der Waals surface area contributed by atoms with Crippen LogP contribution in [0.5, 0.6) is 5.75 Å². The lowest BCUT2D eigenvalue weighted by atomic mass is 10.0. The average Bonchev–Trinajstić information content (AvgIpc) is 3.43. The van der Waals surface area contributed by atoms with Crippen molar-refractivity contribution in [3.8, 4) is 5.75 Å². The third kappa shape index (κ3) is 5.36. The lowest BCUT2D eigenvalue weighted by Crippen LogP contribution is -2.37. The van der Waals surface area contributed by atoms with Crippen LogP contribution in [0.3, 0.4) is 0 Å². The molecular formula is C23H27N3O3S. The summed E-state index contributed by atoms with van der Waals surface area (Å²) in [5.41, 5.74) is 7.78. The number of benzene rings is 2. The summed E-state index contributed by atoms with van der Waals surface area (Å²) in [4.78, 5) is 5.34. The highest BCUT2D eigenvalue weighted by Crippen LogP contribution is 2.33. The van der Waals surface area contributed by atoms with Crippen LogP contribution in [0.1, 0.15) is 12.0 Å². The van der Waals surface area contributed by atoms with Crippen molar-refractivity contribution < 1.29 is 14.2 Å². The Hall–Kier alpha value is -2.48. The van der Waals surface area contributed by atoms with E-state index in [-0.39, 0.29) is 6.10 Å². The van der Waals surface area contributed by atoms with Gasteiger partial charge in [-0.05, 0) is 48.4 Å². The molecule has 2 heterocycles. The predicted octanol–water partition coefficient (Wildman–Crippen LogP) is 4.01. The van der Waals surface area contributed by atoms with Gasteiger partial charge in [0.05, 0.1) is 32.7 Å². The van der Waals surface area contributed by atoms with Gasteiger partial charge in [-0.15, -0.1) is 11.8 Å². The van der Waals surface area contributed by atoms with E-state index >= 15 is 0 Å². The first-order valence-electron chi connectivity index (χ1n) is 10.0. The zero-order valence-electron chi connectivity index (χ0n) is 17.1. The average molecular weight is 426 g/mol. The summed E-state index contributed by atoms with van der Waals surface area (Å²) in [5.74, 6) is 1.03. The van der Waals surface area contributed by atoms with Crippen LogP contribution in [0.25, 0.3) is 0 Å². The summed E-state index contributed by atoms with van der Waals surface area (Å²) in [6.07, 6.45) is 7.18. The number of aromatic nitrogens is 2. The highest BCUT2D eigenvalue weighted by Gasteiger charge is 2.41. The fraction of sp³-hybridized carbons (Fsp3) is 0.348. The van der Waals surface area contributed by atoms with E-state index in [0.29, 0.717) is 13.2 Å². The Balaban J connectivity index is 1.39. The second-order valence-electron chi connectivity index (χ2n) is 7.42. The number of hydrogen-bond acceptors (Lipinski definition) is 6. The first-order valence-corrected chi connectivity index (χ1v) is 11.0. The van der Waals surface area contributed by atoms with Gasteiger partial charge in [0.2, 0.25) is 0 Å².